The molecule has 158 valence electrons. The number of carbonyl (C=O) groups is 1. The number of benzene rings is 2. The Kier molecular flexibility index (Phi) is 7.26. The van der Waals surface area contributed by atoms with Crippen LogP contribution in [0.4, 0.5) is 5.69 Å². The summed E-state index contributed by atoms with van der Waals surface area (Å²) in [6.45, 7) is 8.46. The number of thioether (sulfide) groups is 1. The van der Waals surface area contributed by atoms with Gasteiger partial charge in [-0.2, -0.15) is 0 Å². The van der Waals surface area contributed by atoms with Crippen LogP contribution in [-0.2, 0) is 4.79 Å². The van der Waals surface area contributed by atoms with Gasteiger partial charge in [0.05, 0.1) is 12.2 Å². The van der Waals surface area contributed by atoms with E-state index in [0.717, 1.165) is 51.4 Å². The number of carbonyl (C=O) groups excluding carboxylic acids is 1. The van der Waals surface area contributed by atoms with Crippen molar-refractivity contribution < 1.29 is 4.79 Å². The summed E-state index contributed by atoms with van der Waals surface area (Å²) < 4.78 is 0. The molecule has 0 saturated carbocycles. The maximum Gasteiger partial charge on any atom is 0.241 e. The van der Waals surface area contributed by atoms with Crippen LogP contribution in [0.15, 0.2) is 65.6 Å². The molecule has 0 radical (unpaired) electrons. The Morgan fingerprint density at radius 1 is 0.967 bits per heavy atom. The van der Waals surface area contributed by atoms with Gasteiger partial charge in [-0.05, 0) is 24.1 Å². The second-order valence-electron chi connectivity index (χ2n) is 8.12. The van der Waals surface area contributed by atoms with E-state index in [1.54, 1.807) is 0 Å². The SMILES string of the molecule is CC1CCN(C(=O)CN2CCN(C/C=C/c3ccccc3)CC2)c2ccccc2S1. The van der Waals surface area contributed by atoms with Crippen molar-refractivity contribution in [3.8, 4) is 0 Å². The summed E-state index contributed by atoms with van der Waals surface area (Å²) in [6.07, 6.45) is 5.46. The van der Waals surface area contributed by atoms with Crippen LogP contribution in [0, 0.1) is 0 Å². The highest BCUT2D eigenvalue weighted by molar-refractivity contribution is 8.00. The highest BCUT2D eigenvalue weighted by Gasteiger charge is 2.26. The van der Waals surface area contributed by atoms with Gasteiger partial charge >= 0.3 is 0 Å². The summed E-state index contributed by atoms with van der Waals surface area (Å²) in [4.78, 5) is 21.2. The summed E-state index contributed by atoms with van der Waals surface area (Å²) in [5.74, 6) is 0.231. The summed E-state index contributed by atoms with van der Waals surface area (Å²) in [6, 6.07) is 18.8. The molecule has 1 saturated heterocycles. The molecule has 2 heterocycles. The van der Waals surface area contributed by atoms with E-state index in [9.17, 15) is 4.79 Å². The number of amides is 1. The lowest BCUT2D eigenvalue weighted by Gasteiger charge is -2.35. The second kappa shape index (κ2) is 10.3. The number of nitrogens with zero attached hydrogens (tertiary/aromatic N) is 3. The highest BCUT2D eigenvalue weighted by atomic mass is 32.2. The van der Waals surface area contributed by atoms with Crippen molar-refractivity contribution in [1.29, 1.82) is 0 Å². The molecular formula is C25H31N3OS. The molecule has 2 aliphatic heterocycles. The Morgan fingerprint density at radius 3 is 2.47 bits per heavy atom. The first kappa shape index (κ1) is 21.2. The van der Waals surface area contributed by atoms with Gasteiger partial charge in [0, 0.05) is 49.4 Å². The average molecular weight is 422 g/mol. The van der Waals surface area contributed by atoms with Crippen LogP contribution in [-0.4, -0.2) is 66.8 Å². The van der Waals surface area contributed by atoms with Gasteiger partial charge < -0.3 is 4.90 Å². The highest BCUT2D eigenvalue weighted by Crippen LogP contribution is 2.37. The van der Waals surface area contributed by atoms with E-state index in [4.69, 9.17) is 0 Å². The van der Waals surface area contributed by atoms with Gasteiger partial charge in [-0.25, -0.2) is 0 Å². The van der Waals surface area contributed by atoms with Crippen molar-refractivity contribution in [1.82, 2.24) is 9.80 Å². The van der Waals surface area contributed by atoms with Crippen LogP contribution in [0.1, 0.15) is 18.9 Å². The van der Waals surface area contributed by atoms with Crippen LogP contribution in [0.5, 0.6) is 0 Å². The first-order valence-corrected chi connectivity index (χ1v) is 11.8. The number of piperazine rings is 1. The first-order valence-electron chi connectivity index (χ1n) is 10.9. The number of anilines is 1. The molecular weight excluding hydrogens is 390 g/mol. The van der Waals surface area contributed by atoms with Crippen molar-refractivity contribution in [2.45, 2.75) is 23.5 Å². The van der Waals surface area contributed by atoms with Crippen molar-refractivity contribution in [3.05, 3.63) is 66.2 Å². The predicted octanol–water partition coefficient (Wildman–Crippen LogP) is 4.23. The lowest BCUT2D eigenvalue weighted by atomic mass is 10.2. The van der Waals surface area contributed by atoms with Gasteiger partial charge in [0.2, 0.25) is 5.91 Å². The Bertz CT molecular complexity index is 862. The molecule has 2 aromatic carbocycles. The van der Waals surface area contributed by atoms with Gasteiger partial charge in [0.15, 0.2) is 0 Å². The molecule has 1 atom stereocenters. The van der Waals surface area contributed by atoms with E-state index in [-0.39, 0.29) is 5.91 Å². The molecule has 4 nitrogen and oxygen atoms in total. The molecule has 1 amide bonds. The normalized spacial score (nSPS) is 20.8. The minimum atomic E-state index is 0.231. The molecule has 0 bridgehead atoms. The lowest BCUT2D eigenvalue weighted by molar-refractivity contribution is -0.120. The van der Waals surface area contributed by atoms with E-state index in [2.05, 4.69) is 71.3 Å². The Hall–Kier alpha value is -2.08. The van der Waals surface area contributed by atoms with Gasteiger partial charge in [-0.15, -0.1) is 11.8 Å². The molecule has 1 unspecified atom stereocenters. The molecule has 5 heteroatoms. The van der Waals surface area contributed by atoms with E-state index < -0.39 is 0 Å². The zero-order valence-corrected chi connectivity index (χ0v) is 18.6. The summed E-state index contributed by atoms with van der Waals surface area (Å²) in [5, 5.41) is 0.538. The number of fused-ring (bicyclic) bond motifs is 1. The zero-order valence-electron chi connectivity index (χ0n) is 17.7. The van der Waals surface area contributed by atoms with Gasteiger partial charge in [-0.3, -0.25) is 14.6 Å². The molecule has 2 aliphatic rings. The summed E-state index contributed by atoms with van der Waals surface area (Å²) in [5.41, 5.74) is 2.33. The minimum absolute atomic E-state index is 0.231. The maximum atomic E-state index is 13.1. The molecule has 0 N–H and O–H groups in total. The number of para-hydroxylation sites is 1. The smallest absolute Gasteiger partial charge is 0.241 e. The van der Waals surface area contributed by atoms with Crippen LogP contribution >= 0.6 is 11.8 Å². The maximum absolute atomic E-state index is 13.1. The van der Waals surface area contributed by atoms with E-state index in [1.165, 1.54) is 10.5 Å². The Balaban J connectivity index is 1.28. The number of rotatable bonds is 5. The van der Waals surface area contributed by atoms with E-state index in [0.29, 0.717) is 11.8 Å². The van der Waals surface area contributed by atoms with Crippen molar-refractivity contribution in [3.63, 3.8) is 0 Å². The number of hydrogen-bond acceptors (Lipinski definition) is 4. The zero-order chi connectivity index (χ0) is 20.8. The average Bonchev–Trinajstić information content (AvgIpc) is 2.94. The Labute approximate surface area is 184 Å². The third kappa shape index (κ3) is 5.54. The second-order valence-corrected chi connectivity index (χ2v) is 9.60. The van der Waals surface area contributed by atoms with Gasteiger partial charge in [0.25, 0.3) is 0 Å². The van der Waals surface area contributed by atoms with Gasteiger partial charge in [0.1, 0.15) is 0 Å². The molecule has 0 spiro atoms. The molecule has 4 rings (SSSR count). The molecule has 1 fully saturated rings. The number of hydrogen-bond donors (Lipinski definition) is 0. The molecule has 0 aromatic heterocycles. The van der Waals surface area contributed by atoms with Crippen LogP contribution in [0.2, 0.25) is 0 Å². The standard InChI is InChI=1S/C25H31N3OS/c1-21-13-15-28(23-11-5-6-12-24(23)30-21)25(29)20-27-18-16-26(17-19-27)14-7-10-22-8-3-2-4-9-22/h2-12,21H,13-20H2,1H3/b10-7+. The fraction of sp³-hybridized carbons (Fsp3) is 0.400. The first-order chi connectivity index (χ1) is 14.7. The quantitative estimate of drug-likeness (QED) is 0.722. The monoisotopic (exact) mass is 421 g/mol. The van der Waals surface area contributed by atoms with Crippen molar-refractivity contribution in [2.75, 3.05) is 50.7 Å². The molecule has 0 aliphatic carbocycles. The third-order valence-corrected chi connectivity index (χ3v) is 7.08. The van der Waals surface area contributed by atoms with Gasteiger partial charge in [-0.1, -0.05) is 61.5 Å². The fourth-order valence-electron chi connectivity index (χ4n) is 4.05. The van der Waals surface area contributed by atoms with Crippen LogP contribution in [0.3, 0.4) is 0 Å². The van der Waals surface area contributed by atoms with Crippen molar-refractivity contribution >= 4 is 29.4 Å². The third-order valence-electron chi connectivity index (χ3n) is 5.84. The van der Waals surface area contributed by atoms with Crippen LogP contribution in [0.25, 0.3) is 6.08 Å². The largest absolute Gasteiger partial charge is 0.310 e. The predicted molar refractivity (Wildman–Crippen MR) is 127 cm³/mol. The fourth-order valence-corrected chi connectivity index (χ4v) is 5.17. The molecule has 30 heavy (non-hydrogen) atoms. The van der Waals surface area contributed by atoms with Crippen LogP contribution < -0.4 is 4.90 Å². The van der Waals surface area contributed by atoms with Crippen molar-refractivity contribution in [2.24, 2.45) is 0 Å². The van der Waals surface area contributed by atoms with E-state index >= 15 is 0 Å². The Morgan fingerprint density at radius 2 is 1.67 bits per heavy atom. The van der Waals surface area contributed by atoms with E-state index in [1.807, 2.05) is 28.8 Å². The molecule has 2 aromatic rings. The summed E-state index contributed by atoms with van der Waals surface area (Å²) in [7, 11) is 0. The lowest BCUT2D eigenvalue weighted by Crippen LogP contribution is -2.50. The minimum Gasteiger partial charge on any atom is -0.310 e. The topological polar surface area (TPSA) is 26.8 Å². The summed E-state index contributed by atoms with van der Waals surface area (Å²) >= 11 is 1.89.